The minimum absolute atomic E-state index is 0.137. The molecule has 0 atom stereocenters. The topological polar surface area (TPSA) is 113 Å². The van der Waals surface area contributed by atoms with Crippen LogP contribution >= 0.6 is 0 Å². The van der Waals surface area contributed by atoms with Gasteiger partial charge in [-0.25, -0.2) is 0 Å². The van der Waals surface area contributed by atoms with Crippen LogP contribution in [0.1, 0.15) is 5.69 Å². The Kier molecular flexibility index (Phi) is 3.53. The Morgan fingerprint density at radius 3 is 2.69 bits per heavy atom. The van der Waals surface area contributed by atoms with E-state index >= 15 is 0 Å². The number of rotatable bonds is 5. The molecule has 74 valence electrons. The van der Waals surface area contributed by atoms with Crippen LogP contribution in [0.2, 0.25) is 0 Å². The Labute approximate surface area is 76.3 Å². The Morgan fingerprint density at radius 2 is 2.15 bits per heavy atom. The predicted octanol–water partition coefficient (Wildman–Crippen LogP) is -1.30. The normalized spacial score (nSPS) is 10.5. The maximum absolute atomic E-state index is 8.49. The fourth-order valence-electron chi connectivity index (χ4n) is 1.01. The molecule has 0 bridgehead atoms. The van der Waals surface area contributed by atoms with Gasteiger partial charge in [0.25, 0.3) is 0 Å². The molecule has 0 spiro atoms. The molecule has 1 aromatic heterocycles. The van der Waals surface area contributed by atoms with Crippen molar-refractivity contribution in [2.45, 2.75) is 6.42 Å². The van der Waals surface area contributed by atoms with Gasteiger partial charge in [-0.3, -0.25) is 5.10 Å². The minimum Gasteiger partial charge on any atom is -0.395 e. The second-order valence-corrected chi connectivity index (χ2v) is 2.72. The average molecular weight is 185 g/mol. The number of anilines is 2. The molecule has 6 heteroatoms. The largest absolute Gasteiger partial charge is 0.395 e. The average Bonchev–Trinajstić information content (AvgIpc) is 2.43. The third kappa shape index (κ3) is 2.60. The highest BCUT2D eigenvalue weighted by molar-refractivity contribution is 5.61. The van der Waals surface area contributed by atoms with E-state index in [-0.39, 0.29) is 6.61 Å². The van der Waals surface area contributed by atoms with Crippen LogP contribution in [-0.4, -0.2) is 35.0 Å². The van der Waals surface area contributed by atoms with Gasteiger partial charge in [0.2, 0.25) is 0 Å². The number of nitrogens with two attached hydrogens (primary N) is 2. The van der Waals surface area contributed by atoms with Crippen LogP contribution in [0.4, 0.5) is 11.5 Å². The third-order valence-corrected chi connectivity index (χ3v) is 1.74. The Bertz CT molecular complexity index is 259. The van der Waals surface area contributed by atoms with Crippen molar-refractivity contribution < 1.29 is 5.11 Å². The van der Waals surface area contributed by atoms with Crippen LogP contribution in [0.25, 0.3) is 0 Å². The zero-order valence-corrected chi connectivity index (χ0v) is 7.38. The zero-order valence-electron chi connectivity index (χ0n) is 7.38. The maximum atomic E-state index is 8.49. The molecule has 0 aromatic carbocycles. The van der Waals surface area contributed by atoms with Crippen LogP contribution in [-0.2, 0) is 6.42 Å². The summed E-state index contributed by atoms with van der Waals surface area (Å²) in [5.41, 5.74) is 12.4. The lowest BCUT2D eigenvalue weighted by atomic mass is 10.2. The number of aromatic amines is 1. The molecule has 0 radical (unpaired) electrons. The maximum Gasteiger partial charge on any atom is 0.142 e. The van der Waals surface area contributed by atoms with E-state index in [1.165, 1.54) is 0 Å². The van der Waals surface area contributed by atoms with Gasteiger partial charge in [-0.1, -0.05) is 0 Å². The van der Waals surface area contributed by atoms with Crippen molar-refractivity contribution in [1.82, 2.24) is 15.5 Å². The first-order valence-electron chi connectivity index (χ1n) is 4.15. The molecule has 13 heavy (non-hydrogen) atoms. The van der Waals surface area contributed by atoms with Crippen molar-refractivity contribution in [2.75, 3.05) is 31.2 Å². The van der Waals surface area contributed by atoms with E-state index < -0.39 is 0 Å². The van der Waals surface area contributed by atoms with Crippen molar-refractivity contribution >= 4 is 11.5 Å². The van der Waals surface area contributed by atoms with Gasteiger partial charge in [0, 0.05) is 19.5 Å². The smallest absolute Gasteiger partial charge is 0.142 e. The molecule has 0 fully saturated rings. The molecule has 6 nitrogen and oxygen atoms in total. The summed E-state index contributed by atoms with van der Waals surface area (Å²) in [6, 6.07) is 0. The highest BCUT2D eigenvalue weighted by Gasteiger charge is 2.05. The van der Waals surface area contributed by atoms with Gasteiger partial charge in [0.1, 0.15) is 5.82 Å². The van der Waals surface area contributed by atoms with E-state index in [1.54, 1.807) is 0 Å². The molecule has 1 aromatic rings. The first kappa shape index (κ1) is 9.82. The fourth-order valence-corrected chi connectivity index (χ4v) is 1.01. The monoisotopic (exact) mass is 185 g/mol. The molecule has 7 N–H and O–H groups in total. The van der Waals surface area contributed by atoms with E-state index in [0.29, 0.717) is 24.5 Å². The van der Waals surface area contributed by atoms with E-state index in [9.17, 15) is 0 Å². The molecule has 0 aliphatic carbocycles. The second-order valence-electron chi connectivity index (χ2n) is 2.72. The van der Waals surface area contributed by atoms with Crippen LogP contribution in [0.5, 0.6) is 0 Å². The van der Waals surface area contributed by atoms with Gasteiger partial charge in [-0.15, -0.1) is 0 Å². The van der Waals surface area contributed by atoms with Gasteiger partial charge < -0.3 is 21.9 Å². The summed E-state index contributed by atoms with van der Waals surface area (Å²) in [5.74, 6) is 0.414. The molecule has 0 saturated carbocycles. The molecule has 0 unspecified atom stereocenters. The quantitative estimate of drug-likeness (QED) is 0.366. The first-order chi connectivity index (χ1) is 6.25. The van der Waals surface area contributed by atoms with E-state index in [1.807, 2.05) is 0 Å². The highest BCUT2D eigenvalue weighted by Crippen LogP contribution is 2.14. The van der Waals surface area contributed by atoms with Gasteiger partial charge >= 0.3 is 0 Å². The van der Waals surface area contributed by atoms with Crippen LogP contribution in [0.3, 0.4) is 0 Å². The number of hydrogen-bond acceptors (Lipinski definition) is 5. The third-order valence-electron chi connectivity index (χ3n) is 1.74. The molecule has 1 rings (SSSR count). The van der Waals surface area contributed by atoms with Crippen LogP contribution in [0.15, 0.2) is 0 Å². The standard InChI is InChI=1S/C7H15N5O/c8-6-5(11-12-7(6)9)1-2-10-3-4-13/h10,13H,1-4,8H2,(H3,9,11,12). The number of nitrogens with zero attached hydrogens (tertiary/aromatic N) is 1. The zero-order chi connectivity index (χ0) is 9.68. The summed E-state index contributed by atoms with van der Waals surface area (Å²) < 4.78 is 0. The molecule has 0 amide bonds. The lowest BCUT2D eigenvalue weighted by Crippen LogP contribution is -2.21. The van der Waals surface area contributed by atoms with Crippen LogP contribution in [0, 0.1) is 0 Å². The Hall–Kier alpha value is -1.27. The van der Waals surface area contributed by atoms with Crippen molar-refractivity contribution in [1.29, 1.82) is 0 Å². The predicted molar refractivity (Wildman–Crippen MR) is 51.1 cm³/mol. The van der Waals surface area contributed by atoms with Gasteiger partial charge in [0.15, 0.2) is 0 Å². The first-order valence-corrected chi connectivity index (χ1v) is 4.15. The summed E-state index contributed by atoms with van der Waals surface area (Å²) in [7, 11) is 0. The Balaban J connectivity index is 2.32. The van der Waals surface area contributed by atoms with Gasteiger partial charge in [0.05, 0.1) is 18.0 Å². The summed E-state index contributed by atoms with van der Waals surface area (Å²) in [4.78, 5) is 0. The lowest BCUT2D eigenvalue weighted by molar-refractivity contribution is 0.292. The summed E-state index contributed by atoms with van der Waals surface area (Å²) >= 11 is 0. The number of H-pyrrole nitrogens is 1. The van der Waals surface area contributed by atoms with Gasteiger partial charge in [-0.05, 0) is 0 Å². The van der Waals surface area contributed by atoms with E-state index in [2.05, 4.69) is 15.5 Å². The molecular formula is C7H15N5O. The van der Waals surface area contributed by atoms with Crippen molar-refractivity contribution in [2.24, 2.45) is 0 Å². The summed E-state index contributed by atoms with van der Waals surface area (Å²) in [6.07, 6.45) is 0.708. The number of aromatic nitrogens is 2. The highest BCUT2D eigenvalue weighted by atomic mass is 16.3. The molecule has 0 aliphatic rings. The van der Waals surface area contributed by atoms with Crippen molar-refractivity contribution in [3.8, 4) is 0 Å². The van der Waals surface area contributed by atoms with E-state index in [0.717, 1.165) is 12.2 Å². The Morgan fingerprint density at radius 1 is 1.38 bits per heavy atom. The molecular weight excluding hydrogens is 170 g/mol. The van der Waals surface area contributed by atoms with Crippen LogP contribution < -0.4 is 16.8 Å². The number of aliphatic hydroxyl groups excluding tert-OH is 1. The molecule has 1 heterocycles. The fraction of sp³-hybridized carbons (Fsp3) is 0.571. The number of nitrogens with one attached hydrogen (secondary N) is 2. The molecule has 0 aliphatic heterocycles. The number of hydrogen-bond donors (Lipinski definition) is 5. The van der Waals surface area contributed by atoms with Crippen molar-refractivity contribution in [3.63, 3.8) is 0 Å². The minimum atomic E-state index is 0.137. The summed E-state index contributed by atoms with van der Waals surface area (Å²) in [5, 5.41) is 18.1. The van der Waals surface area contributed by atoms with Gasteiger partial charge in [-0.2, -0.15) is 5.10 Å². The van der Waals surface area contributed by atoms with Crippen molar-refractivity contribution in [3.05, 3.63) is 5.69 Å². The number of nitrogen functional groups attached to an aromatic ring is 2. The number of aliphatic hydroxyl groups is 1. The second kappa shape index (κ2) is 4.68. The SMILES string of the molecule is Nc1[nH]nc(CCNCCO)c1N. The molecule has 0 saturated heterocycles. The van der Waals surface area contributed by atoms with E-state index in [4.69, 9.17) is 16.6 Å². The lowest BCUT2D eigenvalue weighted by Gasteiger charge is -2.00. The summed E-state index contributed by atoms with van der Waals surface area (Å²) in [6.45, 7) is 1.45.